The van der Waals surface area contributed by atoms with E-state index < -0.39 is 11.5 Å². The lowest BCUT2D eigenvalue weighted by molar-refractivity contribution is -0.124. The number of aliphatic hydroxyl groups is 1. The van der Waals surface area contributed by atoms with E-state index in [0.717, 1.165) is 16.5 Å². The molecule has 0 spiro atoms. The quantitative estimate of drug-likeness (QED) is 0.837. The summed E-state index contributed by atoms with van der Waals surface area (Å²) < 4.78 is 5.11. The summed E-state index contributed by atoms with van der Waals surface area (Å²) in [6.45, 7) is 5.77. The molecule has 0 radical (unpaired) electrons. The molecule has 0 fully saturated rings. The second kappa shape index (κ2) is 7.69. The number of Topliss-reactive ketones (excluding diaryl/α,β-unsaturated/α-hetero) is 1. The third-order valence-corrected chi connectivity index (χ3v) is 4.44. The zero-order valence-corrected chi connectivity index (χ0v) is 14.7. The lowest BCUT2D eigenvalue weighted by Crippen LogP contribution is -2.24. The van der Waals surface area contributed by atoms with Crippen molar-refractivity contribution in [2.45, 2.75) is 33.3 Å². The van der Waals surface area contributed by atoms with Crippen LogP contribution >= 0.6 is 0 Å². The van der Waals surface area contributed by atoms with Gasteiger partial charge < -0.3 is 9.84 Å². The summed E-state index contributed by atoms with van der Waals surface area (Å²) in [5, 5.41) is 10.7. The average molecular weight is 327 g/mol. The van der Waals surface area contributed by atoms with Gasteiger partial charge in [-0.15, -0.1) is 0 Å². The van der Waals surface area contributed by atoms with E-state index >= 15 is 0 Å². The Kier molecular flexibility index (Phi) is 5.86. The van der Waals surface area contributed by atoms with E-state index in [4.69, 9.17) is 4.74 Å². The number of benzene rings is 1. The number of aliphatic hydroxyl groups excluding tert-OH is 1. The first kappa shape index (κ1) is 18.3. The summed E-state index contributed by atoms with van der Waals surface area (Å²) in [4.78, 5) is 16.5. The molecule has 128 valence electrons. The number of fused-ring (bicyclic) bond motifs is 1. The molecule has 1 N–H and O–H groups in total. The molecule has 4 heteroatoms. The number of pyridine rings is 1. The van der Waals surface area contributed by atoms with Crippen LogP contribution < -0.4 is 0 Å². The minimum atomic E-state index is -0.594. The normalized spacial score (nSPS) is 15.5. The van der Waals surface area contributed by atoms with Gasteiger partial charge in [-0.3, -0.25) is 9.78 Å². The summed E-state index contributed by atoms with van der Waals surface area (Å²) >= 11 is 0. The summed E-state index contributed by atoms with van der Waals surface area (Å²) in [6, 6.07) is 9.75. The number of aromatic nitrogens is 1. The Labute approximate surface area is 143 Å². The topological polar surface area (TPSA) is 59.4 Å². The third-order valence-electron chi connectivity index (χ3n) is 4.44. The highest BCUT2D eigenvalue weighted by atomic mass is 16.5. The van der Waals surface area contributed by atoms with Crippen LogP contribution in [0.25, 0.3) is 17.0 Å². The first-order valence-electron chi connectivity index (χ1n) is 8.14. The monoisotopic (exact) mass is 327 g/mol. The predicted octanol–water partition coefficient (Wildman–Crippen LogP) is 3.93. The van der Waals surface area contributed by atoms with E-state index in [1.54, 1.807) is 21.0 Å². The van der Waals surface area contributed by atoms with Gasteiger partial charge in [-0.05, 0) is 44.9 Å². The highest BCUT2D eigenvalue weighted by molar-refractivity contribution is 5.86. The Bertz CT molecular complexity index is 752. The average Bonchev–Trinajstić information content (AvgIpc) is 2.57. The van der Waals surface area contributed by atoms with Crippen molar-refractivity contribution in [1.82, 2.24) is 4.98 Å². The van der Waals surface area contributed by atoms with Gasteiger partial charge in [0.1, 0.15) is 5.78 Å². The Morgan fingerprint density at radius 1 is 1.38 bits per heavy atom. The van der Waals surface area contributed by atoms with Gasteiger partial charge in [-0.2, -0.15) is 0 Å². The van der Waals surface area contributed by atoms with Gasteiger partial charge in [-0.25, -0.2) is 0 Å². The van der Waals surface area contributed by atoms with Crippen LogP contribution in [0.1, 0.15) is 44.6 Å². The minimum absolute atomic E-state index is 0.117. The second-order valence-corrected chi connectivity index (χ2v) is 6.41. The maximum absolute atomic E-state index is 12.0. The molecule has 2 aromatic rings. The molecule has 0 saturated heterocycles. The highest BCUT2D eigenvalue weighted by Crippen LogP contribution is 2.26. The lowest BCUT2D eigenvalue weighted by Gasteiger charge is -2.22. The molecule has 0 aliphatic heterocycles. The van der Waals surface area contributed by atoms with Crippen LogP contribution in [0.5, 0.6) is 0 Å². The van der Waals surface area contributed by atoms with Crippen LogP contribution in [0.2, 0.25) is 0 Å². The van der Waals surface area contributed by atoms with Crippen LogP contribution in [0.3, 0.4) is 0 Å². The Morgan fingerprint density at radius 2 is 2.08 bits per heavy atom. The molecule has 0 saturated carbocycles. The number of rotatable bonds is 7. The zero-order valence-electron chi connectivity index (χ0n) is 14.7. The van der Waals surface area contributed by atoms with Gasteiger partial charge in [0.2, 0.25) is 0 Å². The second-order valence-electron chi connectivity index (χ2n) is 6.41. The first-order chi connectivity index (χ1) is 11.4. The van der Waals surface area contributed by atoms with Crippen molar-refractivity contribution in [3.05, 3.63) is 47.7 Å². The van der Waals surface area contributed by atoms with Crippen molar-refractivity contribution in [2.75, 3.05) is 13.7 Å². The smallest absolute Gasteiger partial charge is 0.139 e. The van der Waals surface area contributed by atoms with Crippen molar-refractivity contribution in [3.63, 3.8) is 0 Å². The third kappa shape index (κ3) is 4.28. The van der Waals surface area contributed by atoms with Gasteiger partial charge in [0, 0.05) is 24.5 Å². The number of methoxy groups -OCH3 is 1. The fourth-order valence-corrected chi connectivity index (χ4v) is 2.46. The van der Waals surface area contributed by atoms with Crippen LogP contribution in [0.15, 0.2) is 36.4 Å². The SMILES string of the molecule is COCCC(C)(/C=C/c1ccc2ccc([C@@H](C)O)nc2c1)C(C)=O. The number of allylic oxidation sites excluding steroid dienone is 1. The summed E-state index contributed by atoms with van der Waals surface area (Å²) in [5.74, 6) is 0.117. The number of hydrogen-bond acceptors (Lipinski definition) is 4. The van der Waals surface area contributed by atoms with Crippen LogP contribution in [0.4, 0.5) is 0 Å². The van der Waals surface area contributed by atoms with Gasteiger partial charge in [-0.1, -0.05) is 30.4 Å². The molecule has 4 nitrogen and oxygen atoms in total. The van der Waals surface area contributed by atoms with Crippen LogP contribution in [-0.4, -0.2) is 29.6 Å². The number of ether oxygens (including phenoxy) is 1. The molecular formula is C20H25NO3. The van der Waals surface area contributed by atoms with Crippen molar-refractivity contribution >= 4 is 22.8 Å². The van der Waals surface area contributed by atoms with Gasteiger partial charge in [0.25, 0.3) is 0 Å². The summed E-state index contributed by atoms with van der Waals surface area (Å²) in [7, 11) is 1.64. The zero-order chi connectivity index (χ0) is 17.7. The Morgan fingerprint density at radius 3 is 2.71 bits per heavy atom. The lowest BCUT2D eigenvalue weighted by atomic mass is 9.82. The molecule has 1 aromatic heterocycles. The standard InChI is InChI=1S/C20H25NO3/c1-14(22)18-8-7-17-6-5-16(13-19(17)21-18)9-10-20(3,15(2)23)11-12-24-4/h5-10,13-14,22H,11-12H2,1-4H3/b10-9+/t14-,20?/m1/s1. The van der Waals surface area contributed by atoms with E-state index in [0.29, 0.717) is 18.7 Å². The van der Waals surface area contributed by atoms with Crippen molar-refractivity contribution < 1.29 is 14.6 Å². The molecular weight excluding hydrogens is 302 g/mol. The summed E-state index contributed by atoms with van der Waals surface area (Å²) in [6.07, 6.45) is 3.94. The van der Waals surface area contributed by atoms with Gasteiger partial charge in [0.15, 0.2) is 0 Å². The highest BCUT2D eigenvalue weighted by Gasteiger charge is 2.26. The van der Waals surface area contributed by atoms with Crippen molar-refractivity contribution in [3.8, 4) is 0 Å². The van der Waals surface area contributed by atoms with Crippen molar-refractivity contribution in [2.24, 2.45) is 5.41 Å². The van der Waals surface area contributed by atoms with E-state index in [1.165, 1.54) is 0 Å². The Balaban J connectivity index is 2.32. The van der Waals surface area contributed by atoms with Crippen LogP contribution in [0, 0.1) is 5.41 Å². The van der Waals surface area contributed by atoms with E-state index in [-0.39, 0.29) is 5.78 Å². The Hall–Kier alpha value is -2.04. The number of carbonyl (C=O) groups is 1. The number of carbonyl (C=O) groups excluding carboxylic acids is 1. The maximum atomic E-state index is 12.0. The number of ketones is 1. The van der Waals surface area contributed by atoms with E-state index in [2.05, 4.69) is 4.98 Å². The van der Waals surface area contributed by atoms with Crippen molar-refractivity contribution in [1.29, 1.82) is 0 Å². The van der Waals surface area contributed by atoms with E-state index in [1.807, 2.05) is 49.4 Å². The molecule has 0 aliphatic carbocycles. The molecule has 1 aromatic carbocycles. The molecule has 1 heterocycles. The molecule has 2 rings (SSSR count). The fraction of sp³-hybridized carbons (Fsp3) is 0.400. The molecule has 0 aliphatic rings. The molecule has 24 heavy (non-hydrogen) atoms. The summed E-state index contributed by atoms with van der Waals surface area (Å²) in [5.41, 5.74) is 1.91. The number of hydrogen-bond donors (Lipinski definition) is 1. The molecule has 2 atom stereocenters. The van der Waals surface area contributed by atoms with Crippen LogP contribution in [-0.2, 0) is 9.53 Å². The molecule has 1 unspecified atom stereocenters. The van der Waals surface area contributed by atoms with E-state index in [9.17, 15) is 9.90 Å². The largest absolute Gasteiger partial charge is 0.387 e. The van der Waals surface area contributed by atoms with Gasteiger partial charge in [0.05, 0.1) is 17.3 Å². The predicted molar refractivity (Wildman–Crippen MR) is 96.7 cm³/mol. The first-order valence-corrected chi connectivity index (χ1v) is 8.14. The van der Waals surface area contributed by atoms with Gasteiger partial charge >= 0.3 is 0 Å². The maximum Gasteiger partial charge on any atom is 0.139 e. The minimum Gasteiger partial charge on any atom is -0.387 e. The fourth-order valence-electron chi connectivity index (χ4n) is 2.46. The number of nitrogens with zero attached hydrogens (tertiary/aromatic N) is 1. The molecule has 0 amide bonds. The molecule has 0 bridgehead atoms.